The summed E-state index contributed by atoms with van der Waals surface area (Å²) >= 11 is 5.96. The van der Waals surface area contributed by atoms with Crippen LogP contribution in [0.3, 0.4) is 0 Å². The Morgan fingerprint density at radius 1 is 1.34 bits per heavy atom. The molecule has 0 bridgehead atoms. The molecule has 0 aliphatic carbocycles. The van der Waals surface area contributed by atoms with Crippen molar-refractivity contribution < 1.29 is 14.7 Å². The maximum atomic E-state index is 12.9. The van der Waals surface area contributed by atoms with Crippen molar-refractivity contribution >= 4 is 35.2 Å². The first-order chi connectivity index (χ1) is 14.0. The average Bonchev–Trinajstić information content (AvgIpc) is 3.27. The number of amides is 2. The normalized spacial score (nSPS) is 12.9. The quantitative estimate of drug-likeness (QED) is 0.615. The van der Waals surface area contributed by atoms with E-state index < -0.39 is 6.09 Å². The minimum absolute atomic E-state index is 0.0251. The number of pyridine rings is 2. The highest BCUT2D eigenvalue weighted by Gasteiger charge is 2.33. The first kappa shape index (κ1) is 18.8. The monoisotopic (exact) mass is 413 g/mol. The molecule has 3 aromatic heterocycles. The lowest BCUT2D eigenvalue weighted by atomic mass is 10.1. The Balaban J connectivity index is 1.70. The second-order valence-electron chi connectivity index (χ2n) is 6.37. The molecule has 1 aliphatic rings. The Kier molecular flexibility index (Phi) is 4.85. The molecule has 3 aromatic rings. The molecular formula is C18H16ClN7O3. The number of carbonyl (C=O) groups is 2. The molecule has 2 N–H and O–H groups in total. The average molecular weight is 414 g/mol. The maximum Gasteiger partial charge on any atom is 0.410 e. The predicted octanol–water partition coefficient (Wildman–Crippen LogP) is 3.05. The molecule has 10 nitrogen and oxygen atoms in total. The SMILES string of the molecule is CCCn1cnnc1-c1cccc(N2Cc3c(cc(Cl)nc3NC(=O)O)C2=O)n1. The van der Waals surface area contributed by atoms with Crippen LogP contribution >= 0.6 is 11.6 Å². The number of carbonyl (C=O) groups excluding carboxylic acids is 1. The number of nitrogens with one attached hydrogen (secondary N) is 1. The highest BCUT2D eigenvalue weighted by molar-refractivity contribution is 6.30. The van der Waals surface area contributed by atoms with Crippen LogP contribution in [0.5, 0.6) is 0 Å². The molecule has 4 heterocycles. The number of aryl methyl sites for hydroxylation is 1. The Morgan fingerprint density at radius 3 is 2.93 bits per heavy atom. The highest BCUT2D eigenvalue weighted by atomic mass is 35.5. The fraction of sp³-hybridized carbons (Fsp3) is 0.222. The summed E-state index contributed by atoms with van der Waals surface area (Å²) in [5.74, 6) is 0.718. The van der Waals surface area contributed by atoms with Gasteiger partial charge in [-0.1, -0.05) is 24.6 Å². The van der Waals surface area contributed by atoms with Crippen LogP contribution in [0, 0.1) is 0 Å². The summed E-state index contributed by atoms with van der Waals surface area (Å²) in [4.78, 5) is 34.0. The molecule has 0 saturated heterocycles. The van der Waals surface area contributed by atoms with Gasteiger partial charge in [-0.25, -0.2) is 14.8 Å². The van der Waals surface area contributed by atoms with Gasteiger partial charge in [0.25, 0.3) is 5.91 Å². The molecule has 0 saturated carbocycles. The van der Waals surface area contributed by atoms with Gasteiger partial charge in [0.05, 0.1) is 12.1 Å². The number of aromatic nitrogens is 5. The van der Waals surface area contributed by atoms with E-state index >= 15 is 0 Å². The summed E-state index contributed by atoms with van der Waals surface area (Å²) in [6.07, 6.45) is 1.27. The standard InChI is InChI=1S/C18H16ClN7O3/c1-2-6-25-9-20-24-16(25)12-4-3-5-14(21-12)26-8-11-10(17(26)27)7-13(19)22-15(11)23-18(28)29/h3-5,7,9H,2,6,8H2,1H3,(H,22,23)(H,28,29). The molecule has 0 unspecified atom stereocenters. The number of anilines is 2. The van der Waals surface area contributed by atoms with E-state index in [0.29, 0.717) is 22.9 Å². The Bertz CT molecular complexity index is 1110. The molecule has 4 rings (SSSR count). The number of carboxylic acid groups (broad SMARTS) is 1. The van der Waals surface area contributed by atoms with Crippen molar-refractivity contribution in [2.24, 2.45) is 0 Å². The van der Waals surface area contributed by atoms with Gasteiger partial charge in [-0.05, 0) is 24.6 Å². The van der Waals surface area contributed by atoms with Gasteiger partial charge in [-0.15, -0.1) is 10.2 Å². The summed E-state index contributed by atoms with van der Waals surface area (Å²) in [7, 11) is 0. The Morgan fingerprint density at radius 2 is 2.17 bits per heavy atom. The van der Waals surface area contributed by atoms with Crippen LogP contribution in [0.15, 0.2) is 30.6 Å². The van der Waals surface area contributed by atoms with Gasteiger partial charge in [0.15, 0.2) is 5.82 Å². The van der Waals surface area contributed by atoms with Crippen molar-refractivity contribution in [1.29, 1.82) is 0 Å². The Labute approximate surface area is 170 Å². The van der Waals surface area contributed by atoms with Crippen LogP contribution in [0.2, 0.25) is 5.15 Å². The van der Waals surface area contributed by atoms with Crippen LogP contribution in [0.4, 0.5) is 16.4 Å². The summed E-state index contributed by atoms with van der Waals surface area (Å²) in [5, 5.41) is 19.3. The lowest BCUT2D eigenvalue weighted by Gasteiger charge is -2.15. The minimum Gasteiger partial charge on any atom is -0.465 e. The van der Waals surface area contributed by atoms with E-state index in [9.17, 15) is 9.59 Å². The molecule has 0 aromatic carbocycles. The molecular weight excluding hydrogens is 398 g/mol. The van der Waals surface area contributed by atoms with Crippen LogP contribution < -0.4 is 10.2 Å². The topological polar surface area (TPSA) is 126 Å². The molecule has 1 aliphatic heterocycles. The maximum absolute atomic E-state index is 12.9. The van der Waals surface area contributed by atoms with Gasteiger partial charge in [0.1, 0.15) is 28.8 Å². The third-order valence-corrected chi connectivity index (χ3v) is 4.62. The predicted molar refractivity (Wildman–Crippen MR) is 105 cm³/mol. The number of hydrogen-bond acceptors (Lipinski definition) is 6. The number of fused-ring (bicyclic) bond motifs is 1. The number of nitrogens with zero attached hydrogens (tertiary/aromatic N) is 6. The lowest BCUT2D eigenvalue weighted by Crippen LogP contribution is -2.24. The van der Waals surface area contributed by atoms with E-state index in [0.717, 1.165) is 13.0 Å². The smallest absolute Gasteiger partial charge is 0.410 e. The van der Waals surface area contributed by atoms with Gasteiger partial charge in [-0.3, -0.25) is 15.0 Å². The second-order valence-corrected chi connectivity index (χ2v) is 6.76. The van der Waals surface area contributed by atoms with Gasteiger partial charge in [0, 0.05) is 12.1 Å². The first-order valence-corrected chi connectivity index (χ1v) is 9.22. The first-order valence-electron chi connectivity index (χ1n) is 8.84. The van der Waals surface area contributed by atoms with E-state index in [1.54, 1.807) is 24.5 Å². The molecule has 2 amide bonds. The lowest BCUT2D eigenvalue weighted by molar-refractivity contribution is 0.0996. The van der Waals surface area contributed by atoms with Gasteiger partial charge in [-0.2, -0.15) is 0 Å². The Hall–Kier alpha value is -3.53. The fourth-order valence-electron chi connectivity index (χ4n) is 3.21. The van der Waals surface area contributed by atoms with Gasteiger partial charge in [0.2, 0.25) is 0 Å². The van der Waals surface area contributed by atoms with Crippen molar-refractivity contribution in [2.45, 2.75) is 26.4 Å². The summed E-state index contributed by atoms with van der Waals surface area (Å²) in [5.41, 5.74) is 1.32. The van der Waals surface area contributed by atoms with Crippen LogP contribution in [-0.4, -0.2) is 41.8 Å². The minimum atomic E-state index is -1.29. The van der Waals surface area contributed by atoms with Crippen LogP contribution in [0.1, 0.15) is 29.3 Å². The van der Waals surface area contributed by atoms with Crippen LogP contribution in [-0.2, 0) is 13.1 Å². The third-order valence-electron chi connectivity index (χ3n) is 4.43. The van der Waals surface area contributed by atoms with E-state index in [-0.39, 0.29) is 29.0 Å². The fourth-order valence-corrected chi connectivity index (χ4v) is 3.41. The van der Waals surface area contributed by atoms with Crippen LogP contribution in [0.25, 0.3) is 11.5 Å². The summed E-state index contributed by atoms with van der Waals surface area (Å²) < 4.78 is 1.89. The van der Waals surface area contributed by atoms with Gasteiger partial charge < -0.3 is 9.67 Å². The summed E-state index contributed by atoms with van der Waals surface area (Å²) in [6.45, 7) is 2.92. The molecule has 29 heavy (non-hydrogen) atoms. The zero-order chi connectivity index (χ0) is 20.5. The van der Waals surface area contributed by atoms with Gasteiger partial charge >= 0.3 is 6.09 Å². The molecule has 148 valence electrons. The molecule has 11 heteroatoms. The molecule has 0 spiro atoms. The molecule has 0 atom stereocenters. The summed E-state index contributed by atoms with van der Waals surface area (Å²) in [6, 6.07) is 6.70. The van der Waals surface area contributed by atoms with E-state index in [4.69, 9.17) is 16.7 Å². The second kappa shape index (κ2) is 7.47. The number of hydrogen-bond donors (Lipinski definition) is 2. The molecule has 0 fully saturated rings. The zero-order valence-electron chi connectivity index (χ0n) is 15.3. The number of rotatable bonds is 5. The molecule has 0 radical (unpaired) electrons. The van der Waals surface area contributed by atoms with E-state index in [1.165, 1.54) is 11.0 Å². The van der Waals surface area contributed by atoms with E-state index in [2.05, 4.69) is 32.4 Å². The zero-order valence-corrected chi connectivity index (χ0v) is 16.1. The van der Waals surface area contributed by atoms with Crippen molar-refractivity contribution in [3.05, 3.63) is 46.9 Å². The van der Waals surface area contributed by atoms with Crippen molar-refractivity contribution in [1.82, 2.24) is 24.7 Å². The third kappa shape index (κ3) is 3.49. The number of halogens is 1. The van der Waals surface area contributed by atoms with Crippen molar-refractivity contribution in [2.75, 3.05) is 10.2 Å². The highest BCUT2D eigenvalue weighted by Crippen LogP contribution is 2.33. The van der Waals surface area contributed by atoms with Crippen molar-refractivity contribution in [3.8, 4) is 11.5 Å². The largest absolute Gasteiger partial charge is 0.465 e. The van der Waals surface area contributed by atoms with Crippen molar-refractivity contribution in [3.63, 3.8) is 0 Å². The van der Waals surface area contributed by atoms with E-state index in [1.807, 2.05) is 4.57 Å².